The first-order valence-corrected chi connectivity index (χ1v) is 10.8. The van der Waals surface area contributed by atoms with E-state index in [-0.39, 0.29) is 0 Å². The second kappa shape index (κ2) is 8.80. The monoisotopic (exact) mass is 420 g/mol. The third-order valence-electron chi connectivity index (χ3n) is 4.65. The van der Waals surface area contributed by atoms with Crippen LogP contribution in [0.25, 0.3) is 17.1 Å². The standard InChI is InChI=1S/C23H21ClN4S/c1-16(2)18-4-3-5-19(14-18)22-26-27-23(29-15-17-10-12-25-13-11-17)28(22)21-8-6-20(24)7-9-21/h3-14,16H,15H2,1-2H3. The van der Waals surface area contributed by atoms with Gasteiger partial charge >= 0.3 is 0 Å². The van der Waals surface area contributed by atoms with Crippen LogP contribution in [0.3, 0.4) is 0 Å². The van der Waals surface area contributed by atoms with Gasteiger partial charge in [0.25, 0.3) is 0 Å². The van der Waals surface area contributed by atoms with Crippen LogP contribution in [0.15, 0.2) is 78.2 Å². The van der Waals surface area contributed by atoms with Crippen molar-refractivity contribution in [3.8, 4) is 17.1 Å². The number of pyridine rings is 1. The molecule has 0 unspecified atom stereocenters. The number of aromatic nitrogens is 4. The lowest BCUT2D eigenvalue weighted by Gasteiger charge is -2.12. The lowest BCUT2D eigenvalue weighted by molar-refractivity contribution is 0.865. The Balaban J connectivity index is 1.76. The first-order valence-electron chi connectivity index (χ1n) is 9.45. The first kappa shape index (κ1) is 19.7. The Kier molecular flexibility index (Phi) is 5.97. The van der Waals surface area contributed by atoms with E-state index < -0.39 is 0 Å². The summed E-state index contributed by atoms with van der Waals surface area (Å²) in [5.74, 6) is 2.06. The van der Waals surface area contributed by atoms with E-state index >= 15 is 0 Å². The second-order valence-electron chi connectivity index (χ2n) is 7.04. The van der Waals surface area contributed by atoms with Crippen molar-refractivity contribution in [2.24, 2.45) is 0 Å². The Bertz CT molecular complexity index is 1090. The van der Waals surface area contributed by atoms with E-state index in [4.69, 9.17) is 11.6 Å². The summed E-state index contributed by atoms with van der Waals surface area (Å²) in [5, 5.41) is 10.6. The van der Waals surface area contributed by atoms with E-state index in [1.54, 1.807) is 11.8 Å². The highest BCUT2D eigenvalue weighted by Gasteiger charge is 2.17. The van der Waals surface area contributed by atoms with Crippen LogP contribution in [0.1, 0.15) is 30.9 Å². The Morgan fingerprint density at radius 3 is 2.45 bits per heavy atom. The fraction of sp³-hybridized carbons (Fsp3) is 0.174. The van der Waals surface area contributed by atoms with Crippen LogP contribution in [-0.4, -0.2) is 19.7 Å². The van der Waals surface area contributed by atoms with Gasteiger partial charge in [-0.05, 0) is 59.5 Å². The molecule has 0 saturated heterocycles. The molecular formula is C23H21ClN4S. The van der Waals surface area contributed by atoms with E-state index in [2.05, 4.69) is 57.9 Å². The quantitative estimate of drug-likeness (QED) is 0.338. The number of nitrogens with zero attached hydrogens (tertiary/aromatic N) is 4. The van der Waals surface area contributed by atoms with Crippen molar-refractivity contribution < 1.29 is 0 Å². The van der Waals surface area contributed by atoms with Crippen LogP contribution in [0, 0.1) is 0 Å². The molecule has 0 bridgehead atoms. The smallest absolute Gasteiger partial charge is 0.196 e. The summed E-state index contributed by atoms with van der Waals surface area (Å²) in [6, 6.07) is 20.3. The van der Waals surface area contributed by atoms with E-state index in [0.717, 1.165) is 28.0 Å². The predicted octanol–water partition coefficient (Wildman–Crippen LogP) is 6.40. The highest BCUT2D eigenvalue weighted by molar-refractivity contribution is 7.98. The molecule has 2 aromatic heterocycles. The van der Waals surface area contributed by atoms with Gasteiger partial charge in [0, 0.05) is 34.4 Å². The summed E-state index contributed by atoms with van der Waals surface area (Å²) in [4.78, 5) is 4.08. The molecule has 4 aromatic rings. The van der Waals surface area contributed by atoms with Crippen LogP contribution >= 0.6 is 23.4 Å². The molecule has 4 rings (SSSR count). The Morgan fingerprint density at radius 1 is 0.966 bits per heavy atom. The maximum atomic E-state index is 6.11. The minimum atomic E-state index is 0.447. The Hall–Kier alpha value is -2.63. The van der Waals surface area contributed by atoms with Crippen molar-refractivity contribution in [3.63, 3.8) is 0 Å². The van der Waals surface area contributed by atoms with E-state index in [1.165, 1.54) is 11.1 Å². The average Bonchev–Trinajstić information content (AvgIpc) is 3.17. The lowest BCUT2D eigenvalue weighted by Crippen LogP contribution is -2.00. The molecule has 0 fully saturated rings. The zero-order valence-electron chi connectivity index (χ0n) is 16.3. The van der Waals surface area contributed by atoms with E-state index in [0.29, 0.717) is 10.9 Å². The molecule has 0 aliphatic rings. The maximum absolute atomic E-state index is 6.11. The summed E-state index contributed by atoms with van der Waals surface area (Å²) < 4.78 is 2.10. The van der Waals surface area contributed by atoms with Crippen molar-refractivity contribution in [1.82, 2.24) is 19.7 Å². The summed E-state index contributed by atoms with van der Waals surface area (Å²) in [6.07, 6.45) is 3.62. The summed E-state index contributed by atoms with van der Waals surface area (Å²) in [7, 11) is 0. The average molecular weight is 421 g/mol. The van der Waals surface area contributed by atoms with Crippen molar-refractivity contribution in [2.45, 2.75) is 30.7 Å². The number of hydrogen-bond acceptors (Lipinski definition) is 4. The zero-order valence-corrected chi connectivity index (χ0v) is 17.9. The van der Waals surface area contributed by atoms with Gasteiger partial charge in [0.1, 0.15) is 0 Å². The minimum absolute atomic E-state index is 0.447. The first-order chi connectivity index (χ1) is 14.1. The van der Waals surface area contributed by atoms with Crippen molar-refractivity contribution in [1.29, 1.82) is 0 Å². The molecule has 0 atom stereocenters. The molecule has 6 heteroatoms. The molecule has 29 heavy (non-hydrogen) atoms. The van der Waals surface area contributed by atoms with Gasteiger partial charge in [0.15, 0.2) is 11.0 Å². The van der Waals surface area contributed by atoms with E-state index in [1.807, 2.05) is 48.8 Å². The number of thioether (sulfide) groups is 1. The number of rotatable bonds is 6. The Morgan fingerprint density at radius 2 is 1.72 bits per heavy atom. The van der Waals surface area contributed by atoms with Crippen LogP contribution < -0.4 is 0 Å². The molecule has 0 aliphatic heterocycles. The highest BCUT2D eigenvalue weighted by atomic mass is 35.5. The van der Waals surface area contributed by atoms with Gasteiger partial charge in [-0.3, -0.25) is 9.55 Å². The molecule has 0 spiro atoms. The molecule has 0 saturated carbocycles. The highest BCUT2D eigenvalue weighted by Crippen LogP contribution is 2.31. The van der Waals surface area contributed by atoms with Crippen molar-refractivity contribution in [3.05, 3.63) is 89.2 Å². The number of benzene rings is 2. The molecule has 4 nitrogen and oxygen atoms in total. The van der Waals surface area contributed by atoms with Gasteiger partial charge in [-0.2, -0.15) is 0 Å². The minimum Gasteiger partial charge on any atom is -0.270 e. The van der Waals surface area contributed by atoms with Crippen LogP contribution in [0.5, 0.6) is 0 Å². The van der Waals surface area contributed by atoms with Gasteiger partial charge in [-0.25, -0.2) is 0 Å². The molecular weight excluding hydrogens is 400 g/mol. The van der Waals surface area contributed by atoms with Gasteiger partial charge in [0.2, 0.25) is 0 Å². The van der Waals surface area contributed by atoms with Crippen molar-refractivity contribution >= 4 is 23.4 Å². The maximum Gasteiger partial charge on any atom is 0.196 e. The van der Waals surface area contributed by atoms with E-state index in [9.17, 15) is 0 Å². The molecule has 2 heterocycles. The van der Waals surface area contributed by atoms with Gasteiger partial charge < -0.3 is 0 Å². The van der Waals surface area contributed by atoms with Crippen LogP contribution in [0.2, 0.25) is 5.02 Å². The second-order valence-corrected chi connectivity index (χ2v) is 8.42. The molecule has 0 radical (unpaired) electrons. The summed E-state index contributed by atoms with van der Waals surface area (Å²) >= 11 is 7.77. The summed E-state index contributed by atoms with van der Waals surface area (Å²) in [6.45, 7) is 4.39. The van der Waals surface area contributed by atoms with Gasteiger partial charge in [-0.15, -0.1) is 10.2 Å². The third kappa shape index (κ3) is 4.52. The number of halogens is 1. The molecule has 0 N–H and O–H groups in total. The largest absolute Gasteiger partial charge is 0.270 e. The molecule has 2 aromatic carbocycles. The Labute approximate surface area is 180 Å². The fourth-order valence-corrected chi connectivity index (χ4v) is 4.07. The van der Waals surface area contributed by atoms with Crippen LogP contribution in [0.4, 0.5) is 0 Å². The molecule has 0 amide bonds. The molecule has 146 valence electrons. The van der Waals surface area contributed by atoms with Crippen molar-refractivity contribution in [2.75, 3.05) is 0 Å². The zero-order chi connectivity index (χ0) is 20.2. The third-order valence-corrected chi connectivity index (χ3v) is 5.90. The van der Waals surface area contributed by atoms with Crippen LogP contribution in [-0.2, 0) is 5.75 Å². The topological polar surface area (TPSA) is 43.6 Å². The number of hydrogen-bond donors (Lipinski definition) is 0. The van der Waals surface area contributed by atoms with Gasteiger partial charge in [0.05, 0.1) is 0 Å². The SMILES string of the molecule is CC(C)c1cccc(-c2nnc(SCc3ccncc3)n2-c2ccc(Cl)cc2)c1. The lowest BCUT2D eigenvalue weighted by atomic mass is 10.0. The summed E-state index contributed by atoms with van der Waals surface area (Å²) in [5.41, 5.74) is 4.51. The normalized spacial score (nSPS) is 11.2. The molecule has 0 aliphatic carbocycles. The predicted molar refractivity (Wildman–Crippen MR) is 120 cm³/mol. The fourth-order valence-electron chi connectivity index (χ4n) is 3.04. The van der Waals surface area contributed by atoms with Gasteiger partial charge in [-0.1, -0.05) is 55.4 Å².